The van der Waals surface area contributed by atoms with Gasteiger partial charge in [-0.15, -0.1) is 0 Å². The number of aryl methyl sites for hydroxylation is 1. The molecule has 0 N–H and O–H groups in total. The average molecular weight is 244 g/mol. The molecule has 0 saturated carbocycles. The average Bonchev–Trinajstić information content (AvgIpc) is 2.33. The van der Waals surface area contributed by atoms with Gasteiger partial charge in [-0.1, -0.05) is 19.9 Å². The first kappa shape index (κ1) is 12.4. The molecule has 0 aliphatic heterocycles. The smallest absolute Gasteiger partial charge is 0.258 e. The van der Waals surface area contributed by atoms with Crippen LogP contribution in [0.4, 0.5) is 0 Å². The summed E-state index contributed by atoms with van der Waals surface area (Å²) in [7, 11) is 1.68. The van der Waals surface area contributed by atoms with E-state index in [0.29, 0.717) is 5.69 Å². The zero-order valence-electron chi connectivity index (χ0n) is 10.8. The standard InChI is InChI=1S/C14H16N2O2/c1-10(2)12-5-4-7-16(14(12)18)11-6-8-15(3)13(17)9-11/h4-10H,1-3H3. The van der Waals surface area contributed by atoms with Gasteiger partial charge >= 0.3 is 0 Å². The molecular weight excluding hydrogens is 228 g/mol. The first-order valence-corrected chi connectivity index (χ1v) is 5.89. The fourth-order valence-corrected chi connectivity index (χ4v) is 1.84. The van der Waals surface area contributed by atoms with Crippen LogP contribution in [0.15, 0.2) is 46.2 Å². The van der Waals surface area contributed by atoms with Crippen LogP contribution in [0.25, 0.3) is 5.69 Å². The topological polar surface area (TPSA) is 44.0 Å². The molecule has 0 radical (unpaired) electrons. The molecule has 2 heterocycles. The Balaban J connectivity index is 2.65. The third-order valence-corrected chi connectivity index (χ3v) is 2.96. The minimum absolute atomic E-state index is 0.0687. The summed E-state index contributed by atoms with van der Waals surface area (Å²) >= 11 is 0. The maximum Gasteiger partial charge on any atom is 0.258 e. The molecule has 4 nitrogen and oxygen atoms in total. The van der Waals surface area contributed by atoms with Crippen molar-refractivity contribution in [1.82, 2.24) is 9.13 Å². The van der Waals surface area contributed by atoms with Gasteiger partial charge in [-0.3, -0.25) is 14.2 Å². The fraction of sp³-hybridized carbons (Fsp3) is 0.286. The van der Waals surface area contributed by atoms with Crippen LogP contribution in [-0.4, -0.2) is 9.13 Å². The predicted octanol–water partition coefficient (Wildman–Crippen LogP) is 1.66. The number of nitrogens with zero attached hydrogens (tertiary/aromatic N) is 2. The maximum atomic E-state index is 12.3. The summed E-state index contributed by atoms with van der Waals surface area (Å²) in [4.78, 5) is 23.9. The Kier molecular flexibility index (Phi) is 3.19. The van der Waals surface area contributed by atoms with Crippen LogP contribution < -0.4 is 11.1 Å². The second kappa shape index (κ2) is 4.64. The summed E-state index contributed by atoms with van der Waals surface area (Å²) in [6.45, 7) is 3.95. The Hall–Kier alpha value is -2.10. The number of hydrogen-bond acceptors (Lipinski definition) is 2. The van der Waals surface area contributed by atoms with Crippen molar-refractivity contribution in [1.29, 1.82) is 0 Å². The van der Waals surface area contributed by atoms with E-state index in [2.05, 4.69) is 0 Å². The van der Waals surface area contributed by atoms with E-state index >= 15 is 0 Å². The molecule has 0 aliphatic rings. The van der Waals surface area contributed by atoms with E-state index in [-0.39, 0.29) is 17.0 Å². The molecule has 0 spiro atoms. The van der Waals surface area contributed by atoms with Gasteiger partial charge in [-0.2, -0.15) is 0 Å². The Morgan fingerprint density at radius 2 is 1.83 bits per heavy atom. The van der Waals surface area contributed by atoms with Gasteiger partial charge < -0.3 is 4.57 Å². The van der Waals surface area contributed by atoms with E-state index in [0.717, 1.165) is 5.56 Å². The van der Waals surface area contributed by atoms with E-state index in [1.165, 1.54) is 15.2 Å². The summed E-state index contributed by atoms with van der Waals surface area (Å²) in [5.74, 6) is 0.163. The summed E-state index contributed by atoms with van der Waals surface area (Å²) < 4.78 is 2.98. The van der Waals surface area contributed by atoms with E-state index in [4.69, 9.17) is 0 Å². The Morgan fingerprint density at radius 1 is 1.11 bits per heavy atom. The minimum atomic E-state index is -0.130. The Morgan fingerprint density at radius 3 is 2.44 bits per heavy atom. The van der Waals surface area contributed by atoms with Crippen LogP contribution >= 0.6 is 0 Å². The lowest BCUT2D eigenvalue weighted by Crippen LogP contribution is -2.24. The molecule has 0 atom stereocenters. The Bertz CT molecular complexity index is 681. The first-order chi connectivity index (χ1) is 8.50. The third-order valence-electron chi connectivity index (χ3n) is 2.96. The second-order valence-electron chi connectivity index (χ2n) is 4.63. The summed E-state index contributed by atoms with van der Waals surface area (Å²) in [5, 5.41) is 0. The van der Waals surface area contributed by atoms with Crippen molar-refractivity contribution >= 4 is 0 Å². The molecule has 0 fully saturated rings. The normalized spacial score (nSPS) is 10.9. The van der Waals surface area contributed by atoms with Gasteiger partial charge in [0.05, 0.1) is 5.69 Å². The highest BCUT2D eigenvalue weighted by Gasteiger charge is 2.08. The SMILES string of the molecule is CC(C)c1cccn(-c2ccn(C)c(=O)c2)c1=O. The molecule has 0 saturated heterocycles. The van der Waals surface area contributed by atoms with Crippen LogP contribution in [0.3, 0.4) is 0 Å². The van der Waals surface area contributed by atoms with Crippen molar-refractivity contribution in [3.05, 3.63) is 62.9 Å². The summed E-state index contributed by atoms with van der Waals surface area (Å²) in [6, 6.07) is 6.87. The van der Waals surface area contributed by atoms with Crippen LogP contribution in [0.2, 0.25) is 0 Å². The van der Waals surface area contributed by atoms with Gasteiger partial charge in [0.2, 0.25) is 0 Å². The lowest BCUT2D eigenvalue weighted by Gasteiger charge is -2.10. The van der Waals surface area contributed by atoms with Gasteiger partial charge in [-0.05, 0) is 18.1 Å². The largest absolute Gasteiger partial charge is 0.318 e. The van der Waals surface area contributed by atoms with Gasteiger partial charge in [0.15, 0.2) is 0 Å². The van der Waals surface area contributed by atoms with Gasteiger partial charge in [0.1, 0.15) is 0 Å². The number of aromatic nitrogens is 2. The van der Waals surface area contributed by atoms with Crippen molar-refractivity contribution in [2.24, 2.45) is 7.05 Å². The molecular formula is C14H16N2O2. The Labute approximate surface area is 105 Å². The zero-order valence-corrected chi connectivity index (χ0v) is 10.8. The second-order valence-corrected chi connectivity index (χ2v) is 4.63. The van der Waals surface area contributed by atoms with Crippen molar-refractivity contribution < 1.29 is 0 Å². The van der Waals surface area contributed by atoms with Crippen LogP contribution in [0, 0.1) is 0 Å². The van der Waals surface area contributed by atoms with Crippen molar-refractivity contribution in [3.8, 4) is 5.69 Å². The summed E-state index contributed by atoms with van der Waals surface area (Å²) in [6.07, 6.45) is 3.34. The molecule has 0 amide bonds. The van der Waals surface area contributed by atoms with Gasteiger partial charge in [0, 0.05) is 31.1 Å². The van der Waals surface area contributed by atoms with E-state index < -0.39 is 0 Å². The van der Waals surface area contributed by atoms with Gasteiger partial charge in [-0.25, -0.2) is 0 Å². The molecule has 0 aliphatic carbocycles. The van der Waals surface area contributed by atoms with E-state index in [1.807, 2.05) is 26.0 Å². The van der Waals surface area contributed by atoms with E-state index in [9.17, 15) is 9.59 Å². The number of pyridine rings is 2. The quantitative estimate of drug-likeness (QED) is 0.806. The van der Waals surface area contributed by atoms with E-state index in [1.54, 1.807) is 25.5 Å². The van der Waals surface area contributed by atoms with Crippen LogP contribution in [0.1, 0.15) is 25.3 Å². The molecule has 0 bridgehead atoms. The molecule has 0 aromatic carbocycles. The van der Waals surface area contributed by atoms with Crippen LogP contribution in [-0.2, 0) is 7.05 Å². The summed E-state index contributed by atoms with van der Waals surface area (Å²) in [5.41, 5.74) is 1.15. The first-order valence-electron chi connectivity index (χ1n) is 5.89. The lowest BCUT2D eigenvalue weighted by atomic mass is 10.1. The van der Waals surface area contributed by atoms with Crippen molar-refractivity contribution in [2.45, 2.75) is 19.8 Å². The minimum Gasteiger partial charge on any atom is -0.318 e. The monoisotopic (exact) mass is 244 g/mol. The van der Waals surface area contributed by atoms with Crippen molar-refractivity contribution in [2.75, 3.05) is 0 Å². The molecule has 2 aromatic heterocycles. The highest BCUT2D eigenvalue weighted by atomic mass is 16.1. The number of rotatable bonds is 2. The molecule has 18 heavy (non-hydrogen) atoms. The molecule has 4 heteroatoms. The fourth-order valence-electron chi connectivity index (χ4n) is 1.84. The highest BCUT2D eigenvalue weighted by Crippen LogP contribution is 2.10. The maximum absolute atomic E-state index is 12.3. The lowest BCUT2D eigenvalue weighted by molar-refractivity contribution is 0.811. The molecule has 94 valence electrons. The molecule has 0 unspecified atom stereocenters. The van der Waals surface area contributed by atoms with Gasteiger partial charge in [0.25, 0.3) is 11.1 Å². The molecule has 2 aromatic rings. The van der Waals surface area contributed by atoms with Crippen LogP contribution in [0.5, 0.6) is 0 Å². The third kappa shape index (κ3) is 2.14. The molecule has 2 rings (SSSR count). The van der Waals surface area contributed by atoms with Crippen molar-refractivity contribution in [3.63, 3.8) is 0 Å². The predicted molar refractivity (Wildman–Crippen MR) is 71.4 cm³/mol. The number of hydrogen-bond donors (Lipinski definition) is 0. The zero-order chi connectivity index (χ0) is 13.3. The highest BCUT2D eigenvalue weighted by molar-refractivity contribution is 5.31.